The normalized spacial score (nSPS) is 30.3. The number of Topliss-reactive ketones (excluding diaryl/α,β-unsaturated/α-hetero) is 1. The van der Waals surface area contributed by atoms with Gasteiger partial charge in [0.15, 0.2) is 11.4 Å². The van der Waals surface area contributed by atoms with Gasteiger partial charge in [0.1, 0.15) is 40.8 Å². The molecular weight excluding hydrogens is 1010 g/mol. The summed E-state index contributed by atoms with van der Waals surface area (Å²) in [5.41, 5.74) is -9.73. The van der Waals surface area contributed by atoms with E-state index in [0.29, 0.717) is 12.0 Å². The highest BCUT2D eigenvalue weighted by Crippen LogP contribution is 2.76. The number of ketones is 1. The molecule has 1 aromatic carbocycles. The number of hydrogen-bond donors (Lipinski definition) is 4. The first kappa shape index (κ1) is 61.4. The van der Waals surface area contributed by atoms with Crippen LogP contribution in [0.1, 0.15) is 138 Å². The summed E-state index contributed by atoms with van der Waals surface area (Å²) in [6.07, 6.45) is 24.4. The van der Waals surface area contributed by atoms with Crippen LogP contribution in [0.25, 0.3) is 0 Å². The third-order valence-electron chi connectivity index (χ3n) is 14.2. The average molecular weight is 1090 g/mol. The zero-order valence-corrected chi connectivity index (χ0v) is 46.9. The van der Waals surface area contributed by atoms with Crippen LogP contribution in [0.15, 0.2) is 114 Å². The van der Waals surface area contributed by atoms with Gasteiger partial charge in [-0.3, -0.25) is 14.4 Å². The number of aliphatic hydroxyl groups excluding tert-OH is 2. The van der Waals surface area contributed by atoms with Crippen LogP contribution >= 0.6 is 18.5 Å². The Balaban J connectivity index is 1.46. The first-order valence-corrected chi connectivity index (χ1v) is 28.9. The Kier molecular flexibility index (Phi) is 22.0. The predicted molar refractivity (Wildman–Crippen MR) is 294 cm³/mol. The molecule has 1 saturated carbocycles. The molecule has 76 heavy (non-hydrogen) atoms. The lowest BCUT2D eigenvalue weighted by molar-refractivity contribution is -0.232. The molecule has 11 atom stereocenters. The third kappa shape index (κ3) is 14.4. The van der Waals surface area contributed by atoms with Gasteiger partial charge >= 0.3 is 29.7 Å². The van der Waals surface area contributed by atoms with Crippen LogP contribution in [0.5, 0.6) is 0 Å². The van der Waals surface area contributed by atoms with Gasteiger partial charge in [-0.1, -0.05) is 122 Å². The highest BCUT2D eigenvalue weighted by Gasteiger charge is 2.77. The van der Waals surface area contributed by atoms with E-state index in [0.717, 1.165) is 39.0 Å². The summed E-state index contributed by atoms with van der Waals surface area (Å²) < 4.78 is 36.2. The van der Waals surface area contributed by atoms with E-state index in [-0.39, 0.29) is 57.4 Å². The molecule has 0 aromatic heterocycles. The topological polar surface area (TPSA) is 231 Å². The van der Waals surface area contributed by atoms with Crippen molar-refractivity contribution >= 4 is 60.3 Å². The molecule has 3 fully saturated rings. The zero-order valence-electron chi connectivity index (χ0n) is 45.1. The maximum atomic E-state index is 15.4. The largest absolute Gasteiger partial charge is 0.451 e. The predicted octanol–water partition coefficient (Wildman–Crippen LogP) is 10.3. The fourth-order valence-electron chi connectivity index (χ4n) is 10.4. The number of alkyl carbamates (subject to hydrolysis) is 1. The third-order valence-corrected chi connectivity index (χ3v) is 18.4. The van der Waals surface area contributed by atoms with Crippen molar-refractivity contribution in [2.24, 2.45) is 5.41 Å². The van der Waals surface area contributed by atoms with Gasteiger partial charge in [0.25, 0.3) is 0 Å². The monoisotopic (exact) mass is 1090 g/mol. The summed E-state index contributed by atoms with van der Waals surface area (Å²) in [6.45, 7) is 12.4. The van der Waals surface area contributed by atoms with Gasteiger partial charge in [-0.25, -0.2) is 14.4 Å². The van der Waals surface area contributed by atoms with Gasteiger partial charge in [-0.15, -0.1) is 0 Å². The number of carbonyl (C=O) groups excluding carboxylic acids is 6. The summed E-state index contributed by atoms with van der Waals surface area (Å²) in [4.78, 5) is 84.7. The summed E-state index contributed by atoms with van der Waals surface area (Å²) >= 11 is 0. The second kappa shape index (κ2) is 27.3. The molecular formula is C58H78NO15PS. The number of ether oxygens (including phenoxy) is 5. The van der Waals surface area contributed by atoms with E-state index in [1.54, 1.807) is 64.1 Å². The molecule has 2 aliphatic carbocycles. The number of benzene rings is 1. The minimum atomic E-state index is -3.06. The number of carbonyl (C=O) groups is 6. The maximum absolute atomic E-state index is 15.4. The summed E-state index contributed by atoms with van der Waals surface area (Å²) in [7, 11) is -3.24. The molecule has 416 valence electrons. The molecule has 18 heteroatoms. The Morgan fingerprint density at radius 3 is 1.99 bits per heavy atom. The SMILES string of the molecule is C=PC(=O)O[C@H]1[C@H]2C(C)(C(=O)C(O)C3=C(C)CCC1(O)[C@@]3(C)OC(=O)[C@H](OC(=O)CC/C=C\C/C=C\C/C=C\C/C=C\C/C=C\C/C=C\CC)C(NC(=O)OC(C)(C)C)c1ccccc1)C(O)C[C@H]1OCS12OC(C)=O. The minimum Gasteiger partial charge on any atom is -0.451 e. The highest BCUT2D eigenvalue weighted by molar-refractivity contribution is 8.31. The molecule has 4 aliphatic rings. The van der Waals surface area contributed by atoms with Crippen molar-refractivity contribution in [2.45, 2.75) is 184 Å². The van der Waals surface area contributed by atoms with Gasteiger partial charge in [0, 0.05) is 33.5 Å². The lowest BCUT2D eigenvalue weighted by Gasteiger charge is -2.68. The summed E-state index contributed by atoms with van der Waals surface area (Å²) in [6, 6.07) is 6.65. The van der Waals surface area contributed by atoms with Gasteiger partial charge < -0.3 is 48.5 Å². The summed E-state index contributed by atoms with van der Waals surface area (Å²) in [5.74, 6) is -4.21. The van der Waals surface area contributed by atoms with Crippen molar-refractivity contribution in [1.82, 2.24) is 5.32 Å². The number of amides is 1. The van der Waals surface area contributed by atoms with Crippen LogP contribution in [-0.2, 0) is 47.0 Å². The molecule has 2 heterocycles. The molecule has 1 aromatic rings. The van der Waals surface area contributed by atoms with E-state index in [9.17, 15) is 34.5 Å². The fraction of sp³-hybridized carbons (Fsp3) is 0.534. The van der Waals surface area contributed by atoms with Crippen molar-refractivity contribution in [1.29, 1.82) is 0 Å². The fourth-order valence-corrected chi connectivity index (χ4v) is 14.6. The highest BCUT2D eigenvalue weighted by atomic mass is 32.3. The lowest BCUT2D eigenvalue weighted by Crippen LogP contribution is -2.78. The van der Waals surface area contributed by atoms with Gasteiger partial charge in [0.2, 0.25) is 6.10 Å². The first-order valence-electron chi connectivity index (χ1n) is 26.0. The zero-order chi connectivity index (χ0) is 55.9. The van der Waals surface area contributed by atoms with Crippen LogP contribution in [0.3, 0.4) is 0 Å². The second-order valence-electron chi connectivity index (χ2n) is 20.7. The molecule has 1 amide bonds. The number of rotatable bonds is 23. The molecule has 0 spiro atoms. The average Bonchev–Trinajstić information content (AvgIpc) is 3.36. The molecule has 6 unspecified atom stereocenters. The molecule has 5 rings (SSSR count). The number of nitrogens with one attached hydrogen (secondary N) is 1. The molecule has 2 aliphatic heterocycles. The van der Waals surface area contributed by atoms with Crippen LogP contribution in [0.4, 0.5) is 9.59 Å². The molecule has 4 N–H and O–H groups in total. The van der Waals surface area contributed by atoms with Gasteiger partial charge in [-0.05, 0) is 115 Å². The molecule has 0 radical (unpaired) electrons. The Bertz CT molecular complexity index is 2480. The van der Waals surface area contributed by atoms with Crippen molar-refractivity contribution in [2.75, 3.05) is 5.94 Å². The number of esters is 2. The number of hydrogen-bond acceptors (Lipinski definition) is 15. The van der Waals surface area contributed by atoms with Crippen LogP contribution in [0, 0.1) is 5.41 Å². The Morgan fingerprint density at radius 2 is 1.47 bits per heavy atom. The number of fused-ring (bicyclic) bond motifs is 5. The molecule has 16 nitrogen and oxygen atoms in total. The quantitative estimate of drug-likeness (QED) is 0.0346. The van der Waals surface area contributed by atoms with E-state index in [2.05, 4.69) is 67.1 Å². The Labute approximate surface area is 451 Å². The Hall–Kier alpha value is -5.42. The summed E-state index contributed by atoms with van der Waals surface area (Å²) in [5, 5.41) is 39.1. The second-order valence-corrected chi connectivity index (χ2v) is 24.4. The van der Waals surface area contributed by atoms with Crippen molar-refractivity contribution in [3.05, 3.63) is 120 Å². The van der Waals surface area contributed by atoms with E-state index >= 15 is 9.59 Å². The van der Waals surface area contributed by atoms with Crippen molar-refractivity contribution in [3.63, 3.8) is 0 Å². The Morgan fingerprint density at radius 1 is 0.908 bits per heavy atom. The van der Waals surface area contributed by atoms with E-state index < -0.39 is 109 Å². The molecule has 2 bridgehead atoms. The van der Waals surface area contributed by atoms with E-state index in [1.165, 1.54) is 13.8 Å². The van der Waals surface area contributed by atoms with E-state index in [1.807, 2.05) is 18.2 Å². The van der Waals surface area contributed by atoms with Crippen LogP contribution in [-0.4, -0.2) is 115 Å². The van der Waals surface area contributed by atoms with E-state index in [4.69, 9.17) is 27.9 Å². The van der Waals surface area contributed by atoms with Gasteiger partial charge in [0.05, 0.1) is 16.8 Å². The minimum absolute atomic E-state index is 0.0128. The van der Waals surface area contributed by atoms with Crippen LogP contribution in [0.2, 0.25) is 0 Å². The lowest BCUT2D eigenvalue weighted by atomic mass is 9.57. The molecule has 2 saturated heterocycles. The van der Waals surface area contributed by atoms with Gasteiger partial charge in [-0.2, -0.15) is 0 Å². The first-order chi connectivity index (χ1) is 36.0. The smallest absolute Gasteiger partial charge is 0.408 e. The number of allylic oxidation sites excluding steroid dienone is 13. The van der Waals surface area contributed by atoms with Crippen LogP contribution < -0.4 is 5.32 Å². The standard InChI is InChI=1S/C58H78NO15PS/c1-10-11-12-13-14-15-16-17-18-19-20-21-22-23-24-25-26-27-31-34-43(62)70-48(46(41-32-29-28-30-33-41)59-53(66)73-55(4,5)6)52(65)72-57(8)45-39(2)35-36-58(57,68)50(71-54(67)75-9)51-56(7,49(64)47(45)63)42(61)37-44-69-38-76(44,51)74-40(3)60/h11-12,14-15,17-18,20-21,23-24,26-30,32-33,42,44,46-48,50-51,61,63,68H,9-10,13,16,19,22,25,31,34-38H2,1-8H3,(H,59,66)/b12-11-,15-14-,18-17-,21-20-,24-23-,27-26-/t42?,44-,46?,47?,48+,50-,51-,56?,57-,58?/m0/s1. The van der Waals surface area contributed by atoms with Crippen molar-refractivity contribution < 1.29 is 72.0 Å². The maximum Gasteiger partial charge on any atom is 0.408 e. The van der Waals surface area contributed by atoms with Crippen molar-refractivity contribution in [3.8, 4) is 0 Å². The number of aliphatic hydroxyl groups is 3.